The minimum atomic E-state index is -3.95. The zero-order chi connectivity index (χ0) is 30.7. The second kappa shape index (κ2) is 13.0. The molecular formula is C35H31ClN4O2S2. The average molecular weight is 639 g/mol. The van der Waals surface area contributed by atoms with E-state index < -0.39 is 16.1 Å². The van der Waals surface area contributed by atoms with E-state index in [-0.39, 0.29) is 4.90 Å². The first-order valence-corrected chi connectivity index (χ1v) is 17.1. The number of sulfonamides is 1. The fourth-order valence-corrected chi connectivity index (χ4v) is 7.52. The van der Waals surface area contributed by atoms with Crippen molar-refractivity contribution in [1.82, 2.24) is 19.5 Å². The van der Waals surface area contributed by atoms with Crippen molar-refractivity contribution in [2.24, 2.45) is 0 Å². The summed E-state index contributed by atoms with van der Waals surface area (Å²) in [6.45, 7) is 4.07. The lowest BCUT2D eigenvalue weighted by Crippen LogP contribution is -2.32. The molecule has 0 saturated carbocycles. The molecule has 1 N–H and O–H groups in total. The van der Waals surface area contributed by atoms with Crippen molar-refractivity contribution in [3.05, 3.63) is 148 Å². The van der Waals surface area contributed by atoms with E-state index in [0.29, 0.717) is 28.2 Å². The summed E-state index contributed by atoms with van der Waals surface area (Å²) in [4.78, 5) is 0.188. The summed E-state index contributed by atoms with van der Waals surface area (Å²) in [6.07, 6.45) is 0.369. The Labute approximate surface area is 267 Å². The van der Waals surface area contributed by atoms with Crippen molar-refractivity contribution < 1.29 is 8.42 Å². The van der Waals surface area contributed by atoms with Crippen LogP contribution in [0.2, 0.25) is 5.02 Å². The highest BCUT2D eigenvalue weighted by Crippen LogP contribution is 2.32. The van der Waals surface area contributed by atoms with Crippen LogP contribution < -0.4 is 4.72 Å². The molecule has 0 bridgehead atoms. The van der Waals surface area contributed by atoms with Crippen LogP contribution in [0.4, 0.5) is 0 Å². The second-order valence-corrected chi connectivity index (χ2v) is 13.9. The van der Waals surface area contributed by atoms with Gasteiger partial charge in [0.2, 0.25) is 10.0 Å². The van der Waals surface area contributed by atoms with Gasteiger partial charge in [0.05, 0.1) is 16.6 Å². The molecule has 0 radical (unpaired) electrons. The summed E-state index contributed by atoms with van der Waals surface area (Å²) in [7, 11) is -3.95. The fraction of sp³-hybridized carbons (Fsp3) is 0.143. The molecule has 0 amide bonds. The summed E-state index contributed by atoms with van der Waals surface area (Å²) in [5.74, 6) is 1.15. The Bertz CT molecular complexity index is 2050. The first-order valence-electron chi connectivity index (χ1n) is 14.2. The van der Waals surface area contributed by atoms with E-state index in [0.717, 1.165) is 33.2 Å². The molecule has 9 heteroatoms. The lowest BCUT2D eigenvalue weighted by Gasteiger charge is -2.21. The molecule has 0 aliphatic carbocycles. The molecule has 6 aromatic rings. The molecule has 5 aromatic carbocycles. The molecule has 1 aromatic heterocycles. The van der Waals surface area contributed by atoms with E-state index in [1.807, 2.05) is 96.4 Å². The van der Waals surface area contributed by atoms with Gasteiger partial charge in [-0.1, -0.05) is 120 Å². The zero-order valence-corrected chi connectivity index (χ0v) is 26.7. The lowest BCUT2D eigenvalue weighted by atomic mass is 10.1. The molecule has 6 nitrogen and oxygen atoms in total. The predicted molar refractivity (Wildman–Crippen MR) is 179 cm³/mol. The molecule has 44 heavy (non-hydrogen) atoms. The third-order valence-corrected chi connectivity index (χ3v) is 10.1. The van der Waals surface area contributed by atoms with Gasteiger partial charge in [0.1, 0.15) is 0 Å². The Morgan fingerprint density at radius 3 is 2.34 bits per heavy atom. The Morgan fingerprint density at radius 1 is 0.795 bits per heavy atom. The molecule has 222 valence electrons. The third-order valence-electron chi connectivity index (χ3n) is 7.44. The largest absolute Gasteiger partial charge is 0.272 e. The fourth-order valence-electron chi connectivity index (χ4n) is 5.23. The maximum absolute atomic E-state index is 14.0. The normalized spacial score (nSPS) is 12.4. The Morgan fingerprint density at radius 2 is 1.55 bits per heavy atom. The molecule has 0 saturated heterocycles. The second-order valence-electron chi connectivity index (χ2n) is 10.8. The van der Waals surface area contributed by atoms with Crippen LogP contribution in [0.15, 0.2) is 125 Å². The quantitative estimate of drug-likeness (QED) is 0.153. The van der Waals surface area contributed by atoms with Crippen molar-refractivity contribution >= 4 is 44.2 Å². The Hall–Kier alpha value is -3.95. The standard InChI is InChI=1S/C35H31ClN4O2S2/c1-24-9-8-12-27(19-24)23-43-35-38-37-34(40(35)33-22-30(36)17-15-25(33)2)32(20-26-10-4-3-5-11-26)39-44(41,42)31-18-16-28-13-6-7-14-29(28)21-31/h3-19,21-22,32,39H,20,23H2,1-2H3. The van der Waals surface area contributed by atoms with Gasteiger partial charge in [0, 0.05) is 10.8 Å². The number of nitrogens with zero attached hydrogens (tertiary/aromatic N) is 3. The molecule has 0 aliphatic rings. The van der Waals surface area contributed by atoms with Crippen LogP contribution in [0.1, 0.15) is 34.1 Å². The van der Waals surface area contributed by atoms with Crippen LogP contribution in [0.25, 0.3) is 16.5 Å². The molecule has 0 spiro atoms. The van der Waals surface area contributed by atoms with Gasteiger partial charge < -0.3 is 0 Å². The van der Waals surface area contributed by atoms with Crippen LogP contribution in [-0.2, 0) is 22.2 Å². The van der Waals surface area contributed by atoms with Crippen LogP contribution in [-0.4, -0.2) is 23.2 Å². The molecular weight excluding hydrogens is 608 g/mol. The van der Waals surface area contributed by atoms with Crippen LogP contribution in [0.5, 0.6) is 0 Å². The third kappa shape index (κ3) is 6.74. The smallest absolute Gasteiger partial charge is 0.241 e. The van der Waals surface area contributed by atoms with Crippen LogP contribution in [0, 0.1) is 13.8 Å². The summed E-state index contributed by atoms with van der Waals surface area (Å²) >= 11 is 8.05. The summed E-state index contributed by atoms with van der Waals surface area (Å²) in [5, 5.41) is 12.3. The van der Waals surface area contributed by atoms with Gasteiger partial charge in [0.25, 0.3) is 0 Å². The molecule has 0 fully saturated rings. The van der Waals surface area contributed by atoms with Crippen molar-refractivity contribution in [1.29, 1.82) is 0 Å². The number of halogens is 1. The van der Waals surface area contributed by atoms with Gasteiger partial charge in [0.15, 0.2) is 11.0 Å². The average Bonchev–Trinajstić information content (AvgIpc) is 3.45. The van der Waals surface area contributed by atoms with E-state index in [4.69, 9.17) is 11.6 Å². The minimum absolute atomic E-state index is 0.188. The van der Waals surface area contributed by atoms with Gasteiger partial charge in [-0.3, -0.25) is 4.57 Å². The number of nitrogens with one attached hydrogen (secondary N) is 1. The highest BCUT2D eigenvalue weighted by Gasteiger charge is 2.29. The number of fused-ring (bicyclic) bond motifs is 1. The van der Waals surface area contributed by atoms with Gasteiger partial charge in [-0.15, -0.1) is 10.2 Å². The molecule has 0 aliphatic heterocycles. The van der Waals surface area contributed by atoms with E-state index in [9.17, 15) is 8.42 Å². The first kappa shape index (κ1) is 30.1. The molecule has 1 heterocycles. The molecule has 1 atom stereocenters. The maximum atomic E-state index is 14.0. The number of aromatic nitrogens is 3. The van der Waals surface area contributed by atoms with Crippen LogP contribution >= 0.6 is 23.4 Å². The monoisotopic (exact) mass is 638 g/mol. The number of hydrogen-bond donors (Lipinski definition) is 1. The summed E-state index contributed by atoms with van der Waals surface area (Å²) < 4.78 is 32.9. The van der Waals surface area contributed by atoms with Crippen molar-refractivity contribution in [2.75, 3.05) is 0 Å². The Kier molecular flexibility index (Phi) is 8.86. The Balaban J connectivity index is 1.45. The molecule has 1 unspecified atom stereocenters. The number of benzene rings is 5. The van der Waals surface area contributed by atoms with Gasteiger partial charge in [-0.2, -0.15) is 0 Å². The highest BCUT2D eigenvalue weighted by molar-refractivity contribution is 7.98. The minimum Gasteiger partial charge on any atom is -0.272 e. The van der Waals surface area contributed by atoms with E-state index >= 15 is 0 Å². The first-order chi connectivity index (χ1) is 21.3. The number of thioether (sulfide) groups is 1. The predicted octanol–water partition coefficient (Wildman–Crippen LogP) is 8.25. The number of aryl methyl sites for hydroxylation is 2. The lowest BCUT2D eigenvalue weighted by molar-refractivity contribution is 0.537. The van der Waals surface area contributed by atoms with E-state index in [1.54, 1.807) is 23.9 Å². The SMILES string of the molecule is Cc1cccc(CSc2nnc(C(Cc3ccccc3)NS(=O)(=O)c3ccc4ccccc4c3)n2-c2cc(Cl)ccc2C)c1. The van der Waals surface area contributed by atoms with Gasteiger partial charge in [-0.25, -0.2) is 13.1 Å². The summed E-state index contributed by atoms with van der Waals surface area (Å²) in [6, 6.07) is 35.9. The van der Waals surface area contributed by atoms with Gasteiger partial charge >= 0.3 is 0 Å². The van der Waals surface area contributed by atoms with Crippen LogP contribution in [0.3, 0.4) is 0 Å². The molecule has 6 rings (SSSR count). The van der Waals surface area contributed by atoms with Crippen molar-refractivity contribution in [2.45, 2.75) is 42.1 Å². The van der Waals surface area contributed by atoms with Crippen molar-refractivity contribution in [3.8, 4) is 5.69 Å². The number of hydrogen-bond acceptors (Lipinski definition) is 5. The number of rotatable bonds is 10. The maximum Gasteiger partial charge on any atom is 0.241 e. The zero-order valence-electron chi connectivity index (χ0n) is 24.3. The van der Waals surface area contributed by atoms with Gasteiger partial charge in [-0.05, 0) is 72.0 Å². The highest BCUT2D eigenvalue weighted by atomic mass is 35.5. The van der Waals surface area contributed by atoms with E-state index in [1.165, 1.54) is 5.56 Å². The topological polar surface area (TPSA) is 76.9 Å². The van der Waals surface area contributed by atoms with E-state index in [2.05, 4.69) is 40.0 Å². The van der Waals surface area contributed by atoms with Crippen molar-refractivity contribution in [3.63, 3.8) is 0 Å². The summed E-state index contributed by atoms with van der Waals surface area (Å²) in [5.41, 5.74) is 5.06.